The Morgan fingerprint density at radius 2 is 2.05 bits per heavy atom. The number of hydrogen-bond acceptors (Lipinski definition) is 4. The number of esters is 1. The van der Waals surface area contributed by atoms with Crippen LogP contribution in [0.4, 0.5) is 0 Å². The van der Waals surface area contributed by atoms with E-state index in [1.165, 1.54) is 7.11 Å². The number of aliphatic hydroxyl groups is 1. The maximum Gasteiger partial charge on any atom is 0.336 e. The average Bonchev–Trinajstić information content (AvgIpc) is 2.99. The Morgan fingerprint density at radius 1 is 1.32 bits per heavy atom. The minimum absolute atomic E-state index is 0.0338. The molecule has 2 aromatic rings. The number of benzene rings is 1. The second kappa shape index (κ2) is 5.82. The molecule has 1 unspecified atom stereocenters. The maximum absolute atomic E-state index is 11.4. The van der Waals surface area contributed by atoms with Crippen LogP contribution in [0.5, 0.6) is 0 Å². The van der Waals surface area contributed by atoms with Crippen molar-refractivity contribution in [1.82, 2.24) is 0 Å². The van der Waals surface area contributed by atoms with E-state index < -0.39 is 12.1 Å². The number of methoxy groups -OCH3 is 1. The van der Waals surface area contributed by atoms with Crippen molar-refractivity contribution in [1.29, 1.82) is 0 Å². The van der Waals surface area contributed by atoms with E-state index in [-0.39, 0.29) is 5.57 Å². The Labute approximate surface area is 115 Å². The number of carbonyl (C=O) groups excluding carboxylic acids is 1. The highest BCUT2D eigenvalue weighted by Crippen LogP contribution is 2.33. The predicted molar refractivity (Wildman–Crippen MR) is 75.9 cm³/mol. The molecule has 0 saturated heterocycles. The molecule has 3 nitrogen and oxygen atoms in total. The van der Waals surface area contributed by atoms with Gasteiger partial charge < -0.3 is 9.84 Å². The van der Waals surface area contributed by atoms with Crippen molar-refractivity contribution >= 4 is 17.3 Å². The van der Waals surface area contributed by atoms with Crippen LogP contribution in [0.2, 0.25) is 0 Å². The highest BCUT2D eigenvalue weighted by atomic mass is 32.1. The van der Waals surface area contributed by atoms with Crippen LogP contribution < -0.4 is 0 Å². The molecule has 0 amide bonds. The summed E-state index contributed by atoms with van der Waals surface area (Å²) >= 11 is 1.58. The summed E-state index contributed by atoms with van der Waals surface area (Å²) in [6.45, 7) is 3.60. The molecular weight excluding hydrogens is 260 g/mol. The van der Waals surface area contributed by atoms with Gasteiger partial charge in [0.2, 0.25) is 0 Å². The largest absolute Gasteiger partial charge is 0.466 e. The van der Waals surface area contributed by atoms with Gasteiger partial charge in [-0.15, -0.1) is 11.3 Å². The molecule has 1 N–H and O–H groups in total. The average molecular weight is 274 g/mol. The van der Waals surface area contributed by atoms with Gasteiger partial charge in [-0.1, -0.05) is 36.9 Å². The third kappa shape index (κ3) is 2.75. The van der Waals surface area contributed by atoms with Gasteiger partial charge in [0.25, 0.3) is 0 Å². The molecule has 2 rings (SSSR count). The van der Waals surface area contributed by atoms with Crippen molar-refractivity contribution in [3.63, 3.8) is 0 Å². The van der Waals surface area contributed by atoms with Gasteiger partial charge in [0.1, 0.15) is 6.10 Å². The van der Waals surface area contributed by atoms with Gasteiger partial charge in [-0.3, -0.25) is 0 Å². The summed E-state index contributed by atoms with van der Waals surface area (Å²) in [6.07, 6.45) is -1.06. The summed E-state index contributed by atoms with van der Waals surface area (Å²) in [5.41, 5.74) is 1.59. The van der Waals surface area contributed by atoms with Crippen molar-refractivity contribution in [3.05, 3.63) is 59.5 Å². The van der Waals surface area contributed by atoms with Gasteiger partial charge in [0, 0.05) is 4.88 Å². The minimum atomic E-state index is -1.06. The van der Waals surface area contributed by atoms with E-state index in [4.69, 9.17) is 0 Å². The number of ether oxygens (including phenoxy) is 1. The van der Waals surface area contributed by atoms with Crippen LogP contribution in [0, 0.1) is 0 Å². The van der Waals surface area contributed by atoms with E-state index in [1.54, 1.807) is 17.4 Å². The third-order valence-corrected chi connectivity index (χ3v) is 3.72. The minimum Gasteiger partial charge on any atom is -0.466 e. The zero-order chi connectivity index (χ0) is 13.8. The lowest BCUT2D eigenvalue weighted by molar-refractivity contribution is -0.137. The molecule has 1 atom stereocenters. The fourth-order valence-electron chi connectivity index (χ4n) is 1.82. The van der Waals surface area contributed by atoms with Crippen molar-refractivity contribution in [3.8, 4) is 10.4 Å². The normalized spacial score (nSPS) is 11.9. The SMILES string of the molecule is C=C(C(=O)OC)C(O)c1ccccc1-c1cccs1. The smallest absolute Gasteiger partial charge is 0.336 e. The summed E-state index contributed by atoms with van der Waals surface area (Å²) in [6, 6.07) is 11.3. The predicted octanol–water partition coefficient (Wildman–Crippen LogP) is 3.18. The van der Waals surface area contributed by atoms with Gasteiger partial charge in [-0.2, -0.15) is 0 Å². The van der Waals surface area contributed by atoms with Crippen molar-refractivity contribution in [2.24, 2.45) is 0 Å². The highest BCUT2D eigenvalue weighted by molar-refractivity contribution is 7.13. The van der Waals surface area contributed by atoms with Crippen LogP contribution in [0.25, 0.3) is 10.4 Å². The van der Waals surface area contributed by atoms with Gasteiger partial charge in [0.15, 0.2) is 0 Å². The molecule has 0 aliphatic carbocycles. The zero-order valence-corrected chi connectivity index (χ0v) is 11.3. The maximum atomic E-state index is 11.4. The summed E-state index contributed by atoms with van der Waals surface area (Å²) in [5, 5.41) is 12.2. The van der Waals surface area contributed by atoms with E-state index in [2.05, 4.69) is 11.3 Å². The fourth-order valence-corrected chi connectivity index (χ4v) is 2.60. The third-order valence-electron chi connectivity index (χ3n) is 2.82. The van der Waals surface area contributed by atoms with Crippen LogP contribution >= 0.6 is 11.3 Å². The van der Waals surface area contributed by atoms with E-state index in [0.717, 1.165) is 10.4 Å². The highest BCUT2D eigenvalue weighted by Gasteiger charge is 2.21. The molecule has 0 fully saturated rings. The molecule has 1 aromatic heterocycles. The Kier molecular flexibility index (Phi) is 4.14. The molecule has 98 valence electrons. The van der Waals surface area contributed by atoms with E-state index in [9.17, 15) is 9.90 Å². The molecular formula is C15H14O3S. The molecule has 1 heterocycles. The second-order valence-corrected chi connectivity index (χ2v) is 4.93. The number of carbonyl (C=O) groups is 1. The van der Waals surface area contributed by atoms with Crippen molar-refractivity contribution in [2.75, 3.05) is 7.11 Å². The number of thiophene rings is 1. The van der Waals surface area contributed by atoms with Gasteiger partial charge in [-0.25, -0.2) is 4.79 Å². The molecule has 0 aliphatic rings. The molecule has 1 aromatic carbocycles. The summed E-state index contributed by atoms with van der Waals surface area (Å²) in [7, 11) is 1.27. The Hall–Kier alpha value is -1.91. The van der Waals surface area contributed by atoms with Gasteiger partial charge in [0.05, 0.1) is 12.7 Å². The first-order valence-electron chi connectivity index (χ1n) is 5.73. The van der Waals surface area contributed by atoms with Crippen LogP contribution in [-0.2, 0) is 9.53 Å². The molecule has 0 bridgehead atoms. The fraction of sp³-hybridized carbons (Fsp3) is 0.133. The Morgan fingerprint density at radius 3 is 2.68 bits per heavy atom. The first kappa shape index (κ1) is 13.5. The Bertz CT molecular complexity index is 587. The van der Waals surface area contributed by atoms with Crippen LogP contribution in [0.1, 0.15) is 11.7 Å². The molecule has 19 heavy (non-hydrogen) atoms. The lowest BCUT2D eigenvalue weighted by Crippen LogP contribution is -2.12. The monoisotopic (exact) mass is 274 g/mol. The lowest BCUT2D eigenvalue weighted by atomic mass is 9.97. The number of hydrogen-bond donors (Lipinski definition) is 1. The number of aliphatic hydroxyl groups excluding tert-OH is 1. The molecule has 0 radical (unpaired) electrons. The molecule has 4 heteroatoms. The Balaban J connectivity index is 2.40. The quantitative estimate of drug-likeness (QED) is 0.688. The first-order chi connectivity index (χ1) is 9.15. The van der Waals surface area contributed by atoms with Crippen molar-refractivity contribution < 1.29 is 14.6 Å². The number of rotatable bonds is 4. The second-order valence-electron chi connectivity index (χ2n) is 3.98. The molecule has 0 saturated carbocycles. The standard InChI is InChI=1S/C15H14O3S/c1-10(15(17)18-2)14(16)12-7-4-3-6-11(12)13-8-5-9-19-13/h3-9,14,16H,1H2,2H3. The topological polar surface area (TPSA) is 46.5 Å². The zero-order valence-electron chi connectivity index (χ0n) is 10.5. The first-order valence-corrected chi connectivity index (χ1v) is 6.61. The lowest BCUT2D eigenvalue weighted by Gasteiger charge is -2.15. The van der Waals surface area contributed by atoms with Crippen LogP contribution in [0.3, 0.4) is 0 Å². The van der Waals surface area contributed by atoms with Crippen LogP contribution in [0.15, 0.2) is 53.9 Å². The van der Waals surface area contributed by atoms with E-state index in [0.29, 0.717) is 5.56 Å². The van der Waals surface area contributed by atoms with Crippen LogP contribution in [-0.4, -0.2) is 18.2 Å². The summed E-state index contributed by atoms with van der Waals surface area (Å²) < 4.78 is 4.59. The summed E-state index contributed by atoms with van der Waals surface area (Å²) in [5.74, 6) is -0.603. The van der Waals surface area contributed by atoms with E-state index in [1.807, 2.05) is 35.7 Å². The van der Waals surface area contributed by atoms with Crippen molar-refractivity contribution in [2.45, 2.75) is 6.10 Å². The molecule has 0 aliphatic heterocycles. The van der Waals surface area contributed by atoms with E-state index >= 15 is 0 Å². The summed E-state index contributed by atoms with van der Waals surface area (Å²) in [4.78, 5) is 12.5. The van der Waals surface area contributed by atoms with Gasteiger partial charge >= 0.3 is 5.97 Å². The van der Waals surface area contributed by atoms with Gasteiger partial charge in [-0.05, 0) is 22.6 Å². The molecule has 0 spiro atoms.